The van der Waals surface area contributed by atoms with Crippen LogP contribution in [-0.4, -0.2) is 10.7 Å². The summed E-state index contributed by atoms with van der Waals surface area (Å²) in [5, 5.41) is 11.5. The second-order valence-corrected chi connectivity index (χ2v) is 6.80. The minimum atomic E-state index is -0.527. The fourth-order valence-corrected chi connectivity index (χ4v) is 4.49. The summed E-state index contributed by atoms with van der Waals surface area (Å²) in [6.07, 6.45) is 5.22. The van der Waals surface area contributed by atoms with E-state index in [1.165, 1.54) is 29.5 Å². The van der Waals surface area contributed by atoms with Crippen LogP contribution in [0, 0.1) is 11.8 Å². The molecule has 21 heavy (non-hydrogen) atoms. The third kappa shape index (κ3) is 2.20. The van der Waals surface area contributed by atoms with E-state index in [2.05, 4.69) is 48.5 Å². The number of aliphatic hydroxyl groups is 1. The van der Waals surface area contributed by atoms with Crippen LogP contribution in [0.3, 0.4) is 0 Å². The van der Waals surface area contributed by atoms with Crippen molar-refractivity contribution in [2.24, 2.45) is 11.8 Å². The zero-order valence-corrected chi connectivity index (χ0v) is 12.3. The molecule has 2 aromatic carbocycles. The fraction of sp³-hybridized carbons (Fsp3) is 0.400. The Balaban J connectivity index is 1.68. The lowest BCUT2D eigenvalue weighted by Crippen LogP contribution is -2.42. The molecule has 1 heteroatoms. The van der Waals surface area contributed by atoms with Gasteiger partial charge in [0.25, 0.3) is 0 Å². The molecule has 0 spiro atoms. The predicted octanol–water partition coefficient (Wildman–Crippen LogP) is 3.79. The van der Waals surface area contributed by atoms with E-state index in [-0.39, 0.29) is 0 Å². The normalized spacial score (nSPS) is 30.7. The summed E-state index contributed by atoms with van der Waals surface area (Å²) in [5.74, 6) is 0.817. The highest BCUT2D eigenvalue weighted by molar-refractivity contribution is 5.32. The van der Waals surface area contributed by atoms with E-state index in [0.29, 0.717) is 11.8 Å². The van der Waals surface area contributed by atoms with Gasteiger partial charge in [0.15, 0.2) is 0 Å². The lowest BCUT2D eigenvalue weighted by atomic mass is 9.78. The van der Waals surface area contributed by atoms with Gasteiger partial charge in [-0.15, -0.1) is 0 Å². The Hall–Kier alpha value is -1.60. The van der Waals surface area contributed by atoms with Crippen LogP contribution in [0.5, 0.6) is 0 Å². The molecule has 0 amide bonds. The van der Waals surface area contributed by atoms with Gasteiger partial charge in [-0.1, -0.05) is 54.6 Å². The molecular weight excluding hydrogens is 256 g/mol. The SMILES string of the molecule is OC1(Cc2ccccc2)C2CCC1Cc1ccccc1C2. The summed E-state index contributed by atoms with van der Waals surface area (Å²) in [6.45, 7) is 0. The van der Waals surface area contributed by atoms with Crippen LogP contribution >= 0.6 is 0 Å². The summed E-state index contributed by atoms with van der Waals surface area (Å²) in [5.41, 5.74) is 3.65. The van der Waals surface area contributed by atoms with Crippen LogP contribution in [0.2, 0.25) is 0 Å². The van der Waals surface area contributed by atoms with Gasteiger partial charge >= 0.3 is 0 Å². The van der Waals surface area contributed by atoms with Crippen molar-refractivity contribution in [3.8, 4) is 0 Å². The average Bonchev–Trinajstić information content (AvgIpc) is 2.71. The standard InChI is InChI=1S/C20H22O/c21-20(14-15-6-2-1-3-7-15)18-10-11-19(20)13-17-9-5-4-8-16(17)12-18/h1-9,18-19,21H,10-14H2. The van der Waals surface area contributed by atoms with Crippen molar-refractivity contribution in [1.29, 1.82) is 0 Å². The van der Waals surface area contributed by atoms with Crippen molar-refractivity contribution in [3.05, 3.63) is 71.3 Å². The van der Waals surface area contributed by atoms with Gasteiger partial charge in [-0.3, -0.25) is 0 Å². The molecule has 1 saturated carbocycles. The summed E-state index contributed by atoms with van der Waals surface area (Å²) in [7, 11) is 0. The molecule has 0 heterocycles. The maximum Gasteiger partial charge on any atom is 0.0750 e. The lowest BCUT2D eigenvalue weighted by molar-refractivity contribution is -0.0330. The Morgan fingerprint density at radius 2 is 1.33 bits per heavy atom. The Kier molecular flexibility index (Phi) is 3.11. The van der Waals surface area contributed by atoms with Gasteiger partial charge in [-0.25, -0.2) is 0 Å². The molecule has 1 N–H and O–H groups in total. The number of hydrogen-bond donors (Lipinski definition) is 1. The zero-order chi connectivity index (χ0) is 14.3. The maximum atomic E-state index is 11.5. The smallest absolute Gasteiger partial charge is 0.0750 e. The molecule has 2 atom stereocenters. The minimum absolute atomic E-state index is 0.409. The molecule has 0 aromatic heterocycles. The van der Waals surface area contributed by atoms with Gasteiger partial charge < -0.3 is 5.11 Å². The molecule has 0 saturated heterocycles. The highest BCUT2D eigenvalue weighted by Gasteiger charge is 2.50. The molecule has 1 nitrogen and oxygen atoms in total. The van der Waals surface area contributed by atoms with Gasteiger partial charge in [0.1, 0.15) is 0 Å². The Morgan fingerprint density at radius 1 is 0.810 bits per heavy atom. The number of hydrogen-bond acceptors (Lipinski definition) is 1. The van der Waals surface area contributed by atoms with E-state index < -0.39 is 5.60 Å². The van der Waals surface area contributed by atoms with Crippen LogP contribution in [0.25, 0.3) is 0 Å². The predicted molar refractivity (Wildman–Crippen MR) is 85.2 cm³/mol. The van der Waals surface area contributed by atoms with E-state index in [1.54, 1.807) is 0 Å². The van der Waals surface area contributed by atoms with Crippen LogP contribution in [0.15, 0.2) is 54.6 Å². The molecule has 2 aliphatic carbocycles. The summed E-state index contributed by atoms with van der Waals surface area (Å²) in [6, 6.07) is 19.3. The van der Waals surface area contributed by atoms with E-state index in [0.717, 1.165) is 19.3 Å². The first kappa shape index (κ1) is 13.1. The van der Waals surface area contributed by atoms with Gasteiger partial charge in [0.2, 0.25) is 0 Å². The number of fused-ring (bicyclic) bond motifs is 3. The van der Waals surface area contributed by atoms with E-state index >= 15 is 0 Å². The summed E-state index contributed by atoms with van der Waals surface area (Å²) < 4.78 is 0. The quantitative estimate of drug-likeness (QED) is 0.886. The number of rotatable bonds is 2. The fourth-order valence-electron chi connectivity index (χ4n) is 4.49. The van der Waals surface area contributed by atoms with Gasteiger partial charge in [0.05, 0.1) is 5.60 Å². The van der Waals surface area contributed by atoms with Crippen molar-refractivity contribution in [2.75, 3.05) is 0 Å². The first-order valence-corrected chi connectivity index (χ1v) is 8.09. The molecule has 2 unspecified atom stereocenters. The van der Waals surface area contributed by atoms with Gasteiger partial charge in [-0.2, -0.15) is 0 Å². The molecule has 1 fully saturated rings. The second kappa shape index (κ2) is 4.99. The third-order valence-corrected chi connectivity index (χ3v) is 5.66. The molecule has 2 aliphatic rings. The Morgan fingerprint density at radius 3 is 1.90 bits per heavy atom. The van der Waals surface area contributed by atoms with Crippen LogP contribution in [0.1, 0.15) is 29.5 Å². The summed E-state index contributed by atoms with van der Waals surface area (Å²) in [4.78, 5) is 0. The highest BCUT2D eigenvalue weighted by atomic mass is 16.3. The second-order valence-electron chi connectivity index (χ2n) is 6.80. The van der Waals surface area contributed by atoms with Crippen molar-refractivity contribution in [2.45, 2.75) is 37.7 Å². The summed E-state index contributed by atoms with van der Waals surface area (Å²) >= 11 is 0. The van der Waals surface area contributed by atoms with Gasteiger partial charge in [-0.05, 0) is 54.2 Å². The molecular formula is C20H22O. The highest BCUT2D eigenvalue weighted by Crippen LogP contribution is 2.48. The minimum Gasteiger partial charge on any atom is -0.389 e. The van der Waals surface area contributed by atoms with Crippen LogP contribution < -0.4 is 0 Å². The van der Waals surface area contributed by atoms with Crippen molar-refractivity contribution < 1.29 is 5.11 Å². The van der Waals surface area contributed by atoms with E-state index in [9.17, 15) is 5.11 Å². The van der Waals surface area contributed by atoms with Crippen molar-refractivity contribution in [3.63, 3.8) is 0 Å². The molecule has 108 valence electrons. The molecule has 2 bridgehead atoms. The van der Waals surface area contributed by atoms with Gasteiger partial charge in [0, 0.05) is 6.42 Å². The monoisotopic (exact) mass is 278 g/mol. The first-order chi connectivity index (χ1) is 10.3. The maximum absolute atomic E-state index is 11.5. The topological polar surface area (TPSA) is 20.2 Å². The van der Waals surface area contributed by atoms with E-state index in [1.807, 2.05) is 6.07 Å². The Labute approximate surface area is 126 Å². The lowest BCUT2D eigenvalue weighted by Gasteiger charge is -2.34. The van der Waals surface area contributed by atoms with Crippen molar-refractivity contribution in [1.82, 2.24) is 0 Å². The third-order valence-electron chi connectivity index (χ3n) is 5.66. The molecule has 2 aromatic rings. The number of benzene rings is 2. The van der Waals surface area contributed by atoms with Crippen molar-refractivity contribution >= 4 is 0 Å². The zero-order valence-electron chi connectivity index (χ0n) is 12.3. The average molecular weight is 278 g/mol. The Bertz CT molecular complexity index is 598. The largest absolute Gasteiger partial charge is 0.389 e. The molecule has 0 radical (unpaired) electrons. The first-order valence-electron chi connectivity index (χ1n) is 8.09. The molecule has 4 rings (SSSR count). The van der Waals surface area contributed by atoms with Crippen LogP contribution in [-0.2, 0) is 19.3 Å². The van der Waals surface area contributed by atoms with E-state index in [4.69, 9.17) is 0 Å². The van der Waals surface area contributed by atoms with Crippen LogP contribution in [0.4, 0.5) is 0 Å². The molecule has 0 aliphatic heterocycles.